The molecule has 0 atom stereocenters. The van der Waals surface area contributed by atoms with E-state index in [2.05, 4.69) is 42.7 Å². The molecular weight excluding hydrogens is 374 g/mol. The van der Waals surface area contributed by atoms with E-state index in [1.807, 2.05) is 12.1 Å². The lowest BCUT2D eigenvalue weighted by molar-refractivity contribution is 0.523. The largest absolute Gasteiger partial charge is 0.238 e. The van der Waals surface area contributed by atoms with Gasteiger partial charge in [0.2, 0.25) is 10.0 Å². The molecule has 2 N–H and O–H groups in total. The Bertz CT molecular complexity index is 1010. The summed E-state index contributed by atoms with van der Waals surface area (Å²) in [5, 5.41) is 5.24. The fraction of sp³-hybridized carbons (Fsp3) is 0.273. The number of allylic oxidation sites excluding steroid dienone is 4. The van der Waals surface area contributed by atoms with Gasteiger partial charge in [-0.1, -0.05) is 49.3 Å². The summed E-state index contributed by atoms with van der Waals surface area (Å²) in [5.74, 6) is 0. The molecule has 2 aromatic rings. The predicted octanol–water partition coefficient (Wildman–Crippen LogP) is 5.10. The van der Waals surface area contributed by atoms with E-state index in [0.717, 1.165) is 5.56 Å². The van der Waals surface area contributed by atoms with E-state index in [9.17, 15) is 8.42 Å². The first-order valence-corrected chi connectivity index (χ1v) is 11.9. The number of sulfonamides is 1. The van der Waals surface area contributed by atoms with Crippen LogP contribution in [0.25, 0.3) is 11.1 Å². The van der Waals surface area contributed by atoms with E-state index in [0.29, 0.717) is 0 Å². The van der Waals surface area contributed by atoms with Crippen molar-refractivity contribution in [1.29, 1.82) is 0 Å². The molecule has 2 aromatic carbocycles. The lowest BCUT2D eigenvalue weighted by Gasteiger charge is -2.16. The molecule has 4 rings (SSSR count). The fourth-order valence-electron chi connectivity index (χ4n) is 4.17. The molecule has 140 valence electrons. The second-order valence-electron chi connectivity index (χ2n) is 7.35. The highest BCUT2D eigenvalue weighted by Gasteiger charge is 2.35. The van der Waals surface area contributed by atoms with Crippen LogP contribution in [-0.2, 0) is 10.0 Å². The van der Waals surface area contributed by atoms with Crippen LogP contribution in [0, 0.1) is 5.41 Å². The van der Waals surface area contributed by atoms with Crippen molar-refractivity contribution in [3.63, 3.8) is 0 Å². The van der Waals surface area contributed by atoms with Crippen LogP contribution in [0.1, 0.15) is 36.8 Å². The molecule has 0 aromatic heterocycles. The molecule has 2 aliphatic rings. The second kappa shape index (κ2) is 6.97. The van der Waals surface area contributed by atoms with Crippen LogP contribution in [0.5, 0.6) is 0 Å². The van der Waals surface area contributed by atoms with Gasteiger partial charge in [-0.3, -0.25) is 0 Å². The van der Waals surface area contributed by atoms with Gasteiger partial charge in [-0.15, -0.1) is 11.8 Å². The van der Waals surface area contributed by atoms with Gasteiger partial charge in [0, 0.05) is 10.3 Å². The van der Waals surface area contributed by atoms with E-state index in [1.165, 1.54) is 47.3 Å². The highest BCUT2D eigenvalue weighted by Crippen LogP contribution is 2.52. The van der Waals surface area contributed by atoms with E-state index in [-0.39, 0.29) is 10.3 Å². The Balaban J connectivity index is 1.77. The van der Waals surface area contributed by atoms with Gasteiger partial charge >= 0.3 is 0 Å². The Morgan fingerprint density at radius 1 is 0.852 bits per heavy atom. The number of nitrogens with two attached hydrogens (primary N) is 1. The molecule has 0 bridgehead atoms. The van der Waals surface area contributed by atoms with Crippen molar-refractivity contribution in [3.05, 3.63) is 71.8 Å². The second-order valence-corrected chi connectivity index (χ2v) is 9.80. The first-order chi connectivity index (χ1) is 12.9. The first kappa shape index (κ1) is 18.5. The van der Waals surface area contributed by atoms with E-state index >= 15 is 0 Å². The van der Waals surface area contributed by atoms with Crippen LogP contribution in [0.3, 0.4) is 0 Å². The summed E-state index contributed by atoms with van der Waals surface area (Å²) in [7, 11) is -3.68. The van der Waals surface area contributed by atoms with Crippen molar-refractivity contribution in [2.75, 3.05) is 6.26 Å². The standard InChI is InChI=1S/C22H23NO2S2/c1-26-18-8-4-16(5-9-18)20-14-22(12-2-3-13-22)15-21(20)17-6-10-19(11-7-17)27(23,24)25/h4-11,14-15H,2-3,12-13H2,1H3,(H2,23,24,25). The first-order valence-electron chi connectivity index (χ1n) is 9.14. The molecule has 1 fully saturated rings. The molecule has 5 heteroatoms. The van der Waals surface area contributed by atoms with Crippen LogP contribution in [0.15, 0.2) is 70.5 Å². The zero-order valence-electron chi connectivity index (χ0n) is 15.3. The molecular formula is C22H23NO2S2. The lowest BCUT2D eigenvalue weighted by atomic mass is 9.88. The van der Waals surface area contributed by atoms with Gasteiger partial charge in [-0.2, -0.15) is 0 Å². The predicted molar refractivity (Wildman–Crippen MR) is 113 cm³/mol. The summed E-state index contributed by atoms with van der Waals surface area (Å²) in [6.45, 7) is 0. The van der Waals surface area contributed by atoms with Crippen LogP contribution < -0.4 is 5.14 Å². The highest BCUT2D eigenvalue weighted by atomic mass is 32.2. The molecule has 2 aliphatic carbocycles. The van der Waals surface area contributed by atoms with Crippen LogP contribution in [0.4, 0.5) is 0 Å². The van der Waals surface area contributed by atoms with Gasteiger partial charge in [0.05, 0.1) is 4.90 Å². The van der Waals surface area contributed by atoms with E-state index in [1.54, 1.807) is 23.9 Å². The van der Waals surface area contributed by atoms with Gasteiger partial charge in [0.25, 0.3) is 0 Å². The summed E-state index contributed by atoms with van der Waals surface area (Å²) in [6.07, 6.45) is 11.8. The van der Waals surface area contributed by atoms with Crippen LogP contribution >= 0.6 is 11.8 Å². The third-order valence-electron chi connectivity index (χ3n) is 5.58. The maximum absolute atomic E-state index is 11.6. The number of benzene rings is 2. The molecule has 0 aliphatic heterocycles. The fourth-order valence-corrected chi connectivity index (χ4v) is 5.09. The Morgan fingerprint density at radius 2 is 1.33 bits per heavy atom. The van der Waals surface area contributed by atoms with E-state index in [4.69, 9.17) is 5.14 Å². The minimum absolute atomic E-state index is 0.140. The summed E-state index contributed by atoms with van der Waals surface area (Å²) >= 11 is 1.74. The molecule has 0 unspecified atom stereocenters. The lowest BCUT2D eigenvalue weighted by Crippen LogP contribution is -2.11. The highest BCUT2D eigenvalue weighted by molar-refractivity contribution is 7.98. The summed E-state index contributed by atoms with van der Waals surface area (Å²) in [5.41, 5.74) is 4.81. The number of primary sulfonamides is 1. The summed E-state index contributed by atoms with van der Waals surface area (Å²) in [4.78, 5) is 1.39. The van der Waals surface area contributed by atoms with Crippen molar-refractivity contribution in [3.8, 4) is 0 Å². The molecule has 27 heavy (non-hydrogen) atoms. The summed E-state index contributed by atoms with van der Waals surface area (Å²) < 4.78 is 23.1. The molecule has 0 saturated heterocycles. The van der Waals surface area contributed by atoms with Crippen molar-refractivity contribution < 1.29 is 8.42 Å². The number of hydrogen-bond donors (Lipinski definition) is 1. The molecule has 1 saturated carbocycles. The van der Waals surface area contributed by atoms with Crippen molar-refractivity contribution in [2.24, 2.45) is 10.6 Å². The van der Waals surface area contributed by atoms with Gasteiger partial charge in [-0.05, 0) is 65.6 Å². The third kappa shape index (κ3) is 3.64. The smallest absolute Gasteiger partial charge is 0.225 e. The van der Waals surface area contributed by atoms with Crippen molar-refractivity contribution >= 4 is 32.9 Å². The summed E-state index contributed by atoms with van der Waals surface area (Å²) in [6, 6.07) is 15.6. The Kier molecular flexibility index (Phi) is 4.78. The van der Waals surface area contributed by atoms with Gasteiger partial charge < -0.3 is 0 Å². The third-order valence-corrected chi connectivity index (χ3v) is 7.26. The normalized spacial score (nSPS) is 18.6. The molecule has 1 spiro atoms. The Morgan fingerprint density at radius 3 is 1.78 bits per heavy atom. The zero-order chi connectivity index (χ0) is 19.1. The number of hydrogen-bond acceptors (Lipinski definition) is 3. The average molecular weight is 398 g/mol. The van der Waals surface area contributed by atoms with Gasteiger partial charge in [-0.25, -0.2) is 13.6 Å². The Hall–Kier alpha value is -1.82. The van der Waals surface area contributed by atoms with Crippen molar-refractivity contribution in [2.45, 2.75) is 35.5 Å². The minimum atomic E-state index is -3.68. The van der Waals surface area contributed by atoms with Gasteiger partial charge in [0.1, 0.15) is 0 Å². The molecule has 0 amide bonds. The molecule has 3 nitrogen and oxygen atoms in total. The number of thioether (sulfide) groups is 1. The van der Waals surface area contributed by atoms with E-state index < -0.39 is 10.0 Å². The minimum Gasteiger partial charge on any atom is -0.225 e. The van der Waals surface area contributed by atoms with Crippen molar-refractivity contribution in [1.82, 2.24) is 0 Å². The SMILES string of the molecule is CSc1ccc(C2=CC3(C=C2c2ccc(S(N)(=O)=O)cc2)CCCC3)cc1. The van der Waals surface area contributed by atoms with Gasteiger partial charge in [0.15, 0.2) is 0 Å². The maximum atomic E-state index is 11.6. The quantitative estimate of drug-likeness (QED) is 0.731. The van der Waals surface area contributed by atoms with Crippen LogP contribution in [-0.4, -0.2) is 14.7 Å². The Labute approximate surface area is 165 Å². The zero-order valence-corrected chi connectivity index (χ0v) is 16.9. The molecule has 0 radical (unpaired) electrons. The maximum Gasteiger partial charge on any atom is 0.238 e. The monoisotopic (exact) mass is 397 g/mol. The average Bonchev–Trinajstić information content (AvgIpc) is 3.28. The molecule has 0 heterocycles. The topological polar surface area (TPSA) is 60.2 Å². The number of rotatable bonds is 4. The van der Waals surface area contributed by atoms with Crippen LogP contribution in [0.2, 0.25) is 0 Å².